The van der Waals surface area contributed by atoms with Gasteiger partial charge in [0.1, 0.15) is 0 Å². The maximum atomic E-state index is 9.52. The van der Waals surface area contributed by atoms with Crippen molar-refractivity contribution in [1.82, 2.24) is 0 Å². The van der Waals surface area contributed by atoms with Crippen molar-refractivity contribution < 1.29 is 29.8 Å². The summed E-state index contributed by atoms with van der Waals surface area (Å²) in [6.07, 6.45) is 2.96. The standard InChI is InChI=1S/C15H20O6/c16-12-8-4-5-9-13(12)19-10-6-2-1-3-7-11-14(17)20-21-15(11)18/h4-5,8-9,14,16-18H,1-3,6-7,10H2. The van der Waals surface area contributed by atoms with Gasteiger partial charge < -0.3 is 20.1 Å². The highest BCUT2D eigenvalue weighted by Gasteiger charge is 2.26. The highest BCUT2D eigenvalue weighted by Crippen LogP contribution is 2.25. The van der Waals surface area contributed by atoms with E-state index in [1.807, 2.05) is 6.07 Å². The average molecular weight is 296 g/mol. The normalized spacial score (nSPS) is 17.9. The number of aliphatic hydroxyl groups excluding tert-OH is 2. The number of aromatic hydroxyl groups is 1. The van der Waals surface area contributed by atoms with Gasteiger partial charge in [-0.2, -0.15) is 0 Å². The molecule has 0 saturated carbocycles. The molecule has 0 amide bonds. The number of para-hydroxylation sites is 2. The molecule has 0 aliphatic carbocycles. The van der Waals surface area contributed by atoms with Crippen LogP contribution < -0.4 is 4.74 Å². The van der Waals surface area contributed by atoms with Crippen LogP contribution in [0.25, 0.3) is 0 Å². The van der Waals surface area contributed by atoms with E-state index in [1.165, 1.54) is 0 Å². The molecule has 0 aromatic heterocycles. The van der Waals surface area contributed by atoms with Crippen LogP contribution in [-0.2, 0) is 9.78 Å². The van der Waals surface area contributed by atoms with E-state index in [0.717, 1.165) is 25.7 Å². The minimum absolute atomic E-state index is 0.148. The molecule has 6 nitrogen and oxygen atoms in total. The number of phenols is 1. The second kappa shape index (κ2) is 7.75. The van der Waals surface area contributed by atoms with Gasteiger partial charge in [-0.3, -0.25) is 4.89 Å². The molecule has 6 heteroatoms. The summed E-state index contributed by atoms with van der Waals surface area (Å²) < 4.78 is 5.47. The fraction of sp³-hybridized carbons (Fsp3) is 0.467. The van der Waals surface area contributed by atoms with Crippen molar-refractivity contribution in [1.29, 1.82) is 0 Å². The smallest absolute Gasteiger partial charge is 0.319 e. The van der Waals surface area contributed by atoms with E-state index in [1.54, 1.807) is 18.2 Å². The molecule has 1 aromatic carbocycles. The number of hydrogen-bond donors (Lipinski definition) is 3. The Balaban J connectivity index is 1.55. The zero-order valence-corrected chi connectivity index (χ0v) is 11.7. The predicted octanol–water partition coefficient (Wildman–Crippen LogP) is 2.77. The molecule has 0 bridgehead atoms. The van der Waals surface area contributed by atoms with Gasteiger partial charge in [0.05, 0.1) is 12.2 Å². The zero-order chi connectivity index (χ0) is 15.1. The van der Waals surface area contributed by atoms with Crippen LogP contribution in [-0.4, -0.2) is 28.2 Å². The first-order valence-corrected chi connectivity index (χ1v) is 7.02. The van der Waals surface area contributed by atoms with Crippen LogP contribution in [0.4, 0.5) is 0 Å². The summed E-state index contributed by atoms with van der Waals surface area (Å²) in [5, 5.41) is 28.1. The van der Waals surface area contributed by atoms with E-state index >= 15 is 0 Å². The largest absolute Gasteiger partial charge is 0.504 e. The molecule has 1 aliphatic rings. The Morgan fingerprint density at radius 3 is 2.52 bits per heavy atom. The molecule has 0 spiro atoms. The van der Waals surface area contributed by atoms with Crippen molar-refractivity contribution in [2.75, 3.05) is 6.61 Å². The highest BCUT2D eigenvalue weighted by molar-refractivity contribution is 5.37. The van der Waals surface area contributed by atoms with Crippen molar-refractivity contribution in [2.24, 2.45) is 0 Å². The van der Waals surface area contributed by atoms with Crippen LogP contribution in [0.1, 0.15) is 32.1 Å². The van der Waals surface area contributed by atoms with Gasteiger partial charge in [0.15, 0.2) is 11.5 Å². The molecule has 0 radical (unpaired) electrons. The van der Waals surface area contributed by atoms with Gasteiger partial charge in [-0.25, -0.2) is 0 Å². The van der Waals surface area contributed by atoms with Crippen LogP contribution in [0.2, 0.25) is 0 Å². The molecular formula is C15H20O6. The third-order valence-corrected chi connectivity index (χ3v) is 3.25. The fourth-order valence-corrected chi connectivity index (χ4v) is 2.07. The van der Waals surface area contributed by atoms with Crippen LogP contribution in [0, 0.1) is 0 Å². The molecule has 3 N–H and O–H groups in total. The quantitative estimate of drug-likeness (QED) is 0.505. The van der Waals surface area contributed by atoms with E-state index < -0.39 is 6.29 Å². The second-order valence-corrected chi connectivity index (χ2v) is 4.84. The summed E-state index contributed by atoms with van der Waals surface area (Å²) in [6, 6.07) is 6.88. The monoisotopic (exact) mass is 296 g/mol. The van der Waals surface area contributed by atoms with Gasteiger partial charge in [-0.15, -0.1) is 4.89 Å². The van der Waals surface area contributed by atoms with E-state index in [9.17, 15) is 15.3 Å². The highest BCUT2D eigenvalue weighted by atomic mass is 17.2. The Morgan fingerprint density at radius 1 is 1.05 bits per heavy atom. The lowest BCUT2D eigenvalue weighted by molar-refractivity contribution is -0.324. The van der Waals surface area contributed by atoms with Gasteiger partial charge in [0.2, 0.25) is 6.29 Å². The Hall–Kier alpha value is -1.92. The van der Waals surface area contributed by atoms with Gasteiger partial charge in [-0.05, 0) is 31.4 Å². The number of unbranched alkanes of at least 4 members (excludes halogenated alkanes) is 3. The SMILES string of the molecule is OC1=C(CCCCCCOc2ccccc2O)C(O)OO1. The summed E-state index contributed by atoms with van der Waals surface area (Å²) >= 11 is 0. The van der Waals surface area contributed by atoms with Gasteiger partial charge >= 0.3 is 5.95 Å². The summed E-state index contributed by atoms with van der Waals surface area (Å²) in [5.74, 6) is 0.316. The number of rotatable bonds is 8. The maximum Gasteiger partial charge on any atom is 0.319 e. The summed E-state index contributed by atoms with van der Waals surface area (Å²) in [4.78, 5) is 8.80. The lowest BCUT2D eigenvalue weighted by Crippen LogP contribution is -2.07. The molecule has 1 unspecified atom stereocenters. The molecule has 1 heterocycles. The minimum Gasteiger partial charge on any atom is -0.504 e. The van der Waals surface area contributed by atoms with Gasteiger partial charge in [0, 0.05) is 0 Å². The average Bonchev–Trinajstić information content (AvgIpc) is 2.79. The minimum atomic E-state index is -1.16. The first kappa shape index (κ1) is 15.5. The van der Waals surface area contributed by atoms with E-state index in [2.05, 4.69) is 9.78 Å². The topological polar surface area (TPSA) is 88.4 Å². The molecular weight excluding hydrogens is 276 g/mol. The number of aliphatic hydroxyl groups is 2. The lowest BCUT2D eigenvalue weighted by atomic mass is 10.1. The number of phenolic OH excluding ortho intramolecular Hbond substituents is 1. The third kappa shape index (κ3) is 4.54. The summed E-state index contributed by atoms with van der Waals surface area (Å²) in [6.45, 7) is 0.542. The molecule has 1 aromatic rings. The Bertz CT molecular complexity index is 485. The number of hydrogen-bond acceptors (Lipinski definition) is 6. The Morgan fingerprint density at radius 2 is 1.81 bits per heavy atom. The molecule has 1 atom stereocenters. The van der Waals surface area contributed by atoms with Crippen molar-refractivity contribution in [3.63, 3.8) is 0 Å². The van der Waals surface area contributed by atoms with Crippen LogP contribution in [0.3, 0.4) is 0 Å². The molecule has 0 saturated heterocycles. The van der Waals surface area contributed by atoms with Crippen molar-refractivity contribution >= 4 is 0 Å². The van der Waals surface area contributed by atoms with Crippen LogP contribution >= 0.6 is 0 Å². The van der Waals surface area contributed by atoms with Gasteiger partial charge in [-0.1, -0.05) is 25.0 Å². The summed E-state index contributed by atoms with van der Waals surface area (Å²) in [7, 11) is 0. The second-order valence-electron chi connectivity index (χ2n) is 4.84. The third-order valence-electron chi connectivity index (χ3n) is 3.25. The number of benzene rings is 1. The van der Waals surface area contributed by atoms with Gasteiger partial charge in [0.25, 0.3) is 0 Å². The van der Waals surface area contributed by atoms with Crippen molar-refractivity contribution in [3.8, 4) is 11.5 Å². The number of ether oxygens (including phenoxy) is 1. The van der Waals surface area contributed by atoms with E-state index in [-0.39, 0.29) is 11.7 Å². The summed E-state index contributed by atoms with van der Waals surface area (Å²) in [5.41, 5.74) is 0.389. The van der Waals surface area contributed by atoms with E-state index in [0.29, 0.717) is 24.4 Å². The van der Waals surface area contributed by atoms with E-state index in [4.69, 9.17) is 4.74 Å². The first-order valence-electron chi connectivity index (χ1n) is 7.02. The maximum absolute atomic E-state index is 9.52. The molecule has 21 heavy (non-hydrogen) atoms. The Kier molecular flexibility index (Phi) is 5.71. The Labute approximate surface area is 123 Å². The molecule has 116 valence electrons. The fourth-order valence-electron chi connectivity index (χ4n) is 2.07. The lowest BCUT2D eigenvalue weighted by Gasteiger charge is -2.07. The van der Waals surface area contributed by atoms with Crippen molar-refractivity contribution in [3.05, 3.63) is 35.8 Å². The first-order chi connectivity index (χ1) is 10.2. The van der Waals surface area contributed by atoms with Crippen LogP contribution in [0.15, 0.2) is 35.8 Å². The molecule has 0 fully saturated rings. The molecule has 1 aliphatic heterocycles. The molecule has 2 rings (SSSR count). The van der Waals surface area contributed by atoms with Crippen molar-refractivity contribution in [2.45, 2.75) is 38.4 Å². The zero-order valence-electron chi connectivity index (χ0n) is 11.7. The predicted molar refractivity (Wildman–Crippen MR) is 74.5 cm³/mol. The van der Waals surface area contributed by atoms with Crippen LogP contribution in [0.5, 0.6) is 11.5 Å².